The van der Waals surface area contributed by atoms with E-state index in [0.29, 0.717) is 5.03 Å². The van der Waals surface area contributed by atoms with Crippen molar-refractivity contribution in [1.29, 1.82) is 0 Å². The third kappa shape index (κ3) is 2.91. The number of carbonyl (C=O) groups excluding carboxylic acids is 1. The molecule has 1 amide bonds. The van der Waals surface area contributed by atoms with Crippen LogP contribution in [0.15, 0.2) is 48.9 Å². The van der Waals surface area contributed by atoms with Crippen molar-refractivity contribution in [2.24, 2.45) is 5.73 Å². The lowest BCUT2D eigenvalue weighted by atomic mass is 10.1. The van der Waals surface area contributed by atoms with Gasteiger partial charge in [-0.3, -0.25) is 9.78 Å². The van der Waals surface area contributed by atoms with Crippen LogP contribution in [0.1, 0.15) is 0 Å². The van der Waals surface area contributed by atoms with Crippen molar-refractivity contribution in [3.8, 4) is 16.9 Å². The first-order chi connectivity index (χ1) is 11.1. The minimum atomic E-state index is -0.574. The molecule has 3 rings (SSSR count). The Labute approximate surface area is 138 Å². The van der Waals surface area contributed by atoms with Gasteiger partial charge in [0.1, 0.15) is 10.8 Å². The fraction of sp³-hybridized carbons (Fsp3) is 0.0625. The summed E-state index contributed by atoms with van der Waals surface area (Å²) >= 11 is 4.26. The molecule has 0 fully saturated rings. The standard InChI is InChI=1S/C16H14N4O2S/c1-22-14-4-5-18-9-12(14)10-2-3-13-11(6-10)8-19-20(13)16(23)7-15(17)21/h2-9,23H,1H3,(H2,17,21)/b16-7-. The van der Waals surface area contributed by atoms with Crippen LogP contribution in [-0.4, -0.2) is 27.8 Å². The van der Waals surface area contributed by atoms with Crippen LogP contribution in [0.2, 0.25) is 0 Å². The van der Waals surface area contributed by atoms with Crippen molar-refractivity contribution >= 4 is 34.5 Å². The molecule has 0 aliphatic heterocycles. The zero-order valence-corrected chi connectivity index (χ0v) is 13.2. The molecule has 0 unspecified atom stereocenters. The third-order valence-corrected chi connectivity index (χ3v) is 3.69. The molecule has 23 heavy (non-hydrogen) atoms. The van der Waals surface area contributed by atoms with Gasteiger partial charge >= 0.3 is 0 Å². The highest BCUT2D eigenvalue weighted by Crippen LogP contribution is 2.31. The van der Waals surface area contributed by atoms with E-state index in [1.807, 2.05) is 24.3 Å². The summed E-state index contributed by atoms with van der Waals surface area (Å²) in [4.78, 5) is 15.1. The summed E-state index contributed by atoms with van der Waals surface area (Å²) in [6, 6.07) is 7.62. The molecule has 0 aliphatic carbocycles. The van der Waals surface area contributed by atoms with E-state index < -0.39 is 5.91 Å². The van der Waals surface area contributed by atoms with Gasteiger partial charge in [0.2, 0.25) is 5.91 Å². The van der Waals surface area contributed by atoms with E-state index in [-0.39, 0.29) is 0 Å². The first kappa shape index (κ1) is 15.1. The topological polar surface area (TPSA) is 83.0 Å². The second-order valence-corrected chi connectivity index (χ2v) is 5.27. The van der Waals surface area contributed by atoms with Gasteiger partial charge in [-0.2, -0.15) is 5.10 Å². The molecule has 0 spiro atoms. The van der Waals surface area contributed by atoms with E-state index in [1.165, 1.54) is 6.08 Å². The number of aromatic nitrogens is 3. The summed E-state index contributed by atoms with van der Waals surface area (Å²) in [7, 11) is 1.62. The Morgan fingerprint density at radius 2 is 2.17 bits per heavy atom. The quantitative estimate of drug-likeness (QED) is 0.569. The fourth-order valence-corrected chi connectivity index (χ4v) is 2.63. The van der Waals surface area contributed by atoms with E-state index in [2.05, 4.69) is 22.7 Å². The Balaban J connectivity index is 2.10. The lowest BCUT2D eigenvalue weighted by Crippen LogP contribution is -2.08. The first-order valence-corrected chi connectivity index (χ1v) is 7.21. The van der Waals surface area contributed by atoms with Crippen molar-refractivity contribution in [1.82, 2.24) is 14.8 Å². The Kier molecular flexibility index (Phi) is 4.03. The summed E-state index contributed by atoms with van der Waals surface area (Å²) < 4.78 is 6.91. The van der Waals surface area contributed by atoms with Gasteiger partial charge in [-0.1, -0.05) is 6.07 Å². The summed E-state index contributed by atoms with van der Waals surface area (Å²) in [6.45, 7) is 0. The molecule has 6 nitrogen and oxygen atoms in total. The van der Waals surface area contributed by atoms with Gasteiger partial charge in [0.25, 0.3) is 0 Å². The number of nitrogens with zero attached hydrogens (tertiary/aromatic N) is 3. The molecule has 1 aromatic carbocycles. The second kappa shape index (κ2) is 6.13. The second-order valence-electron chi connectivity index (χ2n) is 4.81. The minimum absolute atomic E-state index is 0.360. The van der Waals surface area contributed by atoms with Gasteiger partial charge in [0.15, 0.2) is 0 Å². The molecule has 0 saturated carbocycles. The average molecular weight is 326 g/mol. The SMILES string of the molecule is COc1ccncc1-c1ccc2c(cnn2/C(S)=C/C(N)=O)c1. The lowest BCUT2D eigenvalue weighted by Gasteiger charge is -2.08. The Morgan fingerprint density at radius 3 is 2.91 bits per heavy atom. The minimum Gasteiger partial charge on any atom is -0.496 e. The van der Waals surface area contributed by atoms with Crippen molar-refractivity contribution in [2.45, 2.75) is 0 Å². The maximum absolute atomic E-state index is 11.0. The maximum atomic E-state index is 11.0. The van der Waals surface area contributed by atoms with Gasteiger partial charge in [-0.05, 0) is 23.8 Å². The van der Waals surface area contributed by atoms with E-state index in [1.54, 1.807) is 30.4 Å². The molecule has 0 aliphatic rings. The van der Waals surface area contributed by atoms with Crippen molar-refractivity contribution in [2.75, 3.05) is 7.11 Å². The molecule has 116 valence electrons. The number of benzene rings is 1. The molecule has 0 bridgehead atoms. The van der Waals surface area contributed by atoms with Gasteiger partial charge in [-0.25, -0.2) is 4.68 Å². The normalized spacial score (nSPS) is 11.7. The van der Waals surface area contributed by atoms with E-state index in [9.17, 15) is 4.79 Å². The van der Waals surface area contributed by atoms with Crippen LogP contribution in [0.4, 0.5) is 0 Å². The van der Waals surface area contributed by atoms with Crippen molar-refractivity contribution < 1.29 is 9.53 Å². The fourth-order valence-electron chi connectivity index (χ4n) is 2.35. The molecule has 7 heteroatoms. The van der Waals surface area contributed by atoms with Crippen LogP contribution in [0.5, 0.6) is 5.75 Å². The number of hydrogen-bond donors (Lipinski definition) is 2. The van der Waals surface area contributed by atoms with Gasteiger partial charge in [0, 0.05) is 29.4 Å². The van der Waals surface area contributed by atoms with E-state index >= 15 is 0 Å². The molecule has 0 radical (unpaired) electrons. The number of hydrogen-bond acceptors (Lipinski definition) is 5. The summed E-state index contributed by atoms with van der Waals surface area (Å²) in [6.07, 6.45) is 6.35. The average Bonchev–Trinajstić information content (AvgIpc) is 2.97. The van der Waals surface area contributed by atoms with Crippen LogP contribution in [0.3, 0.4) is 0 Å². The predicted octanol–water partition coefficient (Wildman–Crippen LogP) is 2.32. The van der Waals surface area contributed by atoms with E-state index in [4.69, 9.17) is 10.5 Å². The number of fused-ring (bicyclic) bond motifs is 1. The highest BCUT2D eigenvalue weighted by molar-refractivity contribution is 7.90. The predicted molar refractivity (Wildman–Crippen MR) is 92.0 cm³/mol. The highest BCUT2D eigenvalue weighted by atomic mass is 32.1. The van der Waals surface area contributed by atoms with Crippen molar-refractivity contribution in [3.63, 3.8) is 0 Å². The summed E-state index contributed by atoms with van der Waals surface area (Å²) in [5, 5.41) is 5.50. The molecule has 2 aromatic heterocycles. The van der Waals surface area contributed by atoms with Crippen LogP contribution in [-0.2, 0) is 4.79 Å². The molecule has 2 N–H and O–H groups in total. The zero-order valence-electron chi connectivity index (χ0n) is 12.3. The first-order valence-electron chi connectivity index (χ1n) is 6.77. The van der Waals surface area contributed by atoms with Gasteiger partial charge in [-0.15, -0.1) is 12.6 Å². The molecular weight excluding hydrogens is 312 g/mol. The summed E-state index contributed by atoms with van der Waals surface area (Å²) in [5.41, 5.74) is 7.82. The summed E-state index contributed by atoms with van der Waals surface area (Å²) in [5.74, 6) is 0.172. The van der Waals surface area contributed by atoms with Crippen LogP contribution in [0.25, 0.3) is 27.1 Å². The molecule has 0 atom stereocenters. The number of amides is 1. The lowest BCUT2D eigenvalue weighted by molar-refractivity contribution is -0.113. The maximum Gasteiger partial charge on any atom is 0.244 e. The van der Waals surface area contributed by atoms with Gasteiger partial charge in [0.05, 0.1) is 18.8 Å². The largest absolute Gasteiger partial charge is 0.496 e. The number of primary amides is 1. The Morgan fingerprint density at radius 1 is 1.35 bits per heavy atom. The molecule has 3 aromatic rings. The van der Waals surface area contributed by atoms with Crippen LogP contribution in [0, 0.1) is 0 Å². The van der Waals surface area contributed by atoms with Gasteiger partial charge < -0.3 is 10.5 Å². The number of methoxy groups -OCH3 is 1. The zero-order chi connectivity index (χ0) is 16.4. The molecule has 0 saturated heterocycles. The van der Waals surface area contributed by atoms with Crippen molar-refractivity contribution in [3.05, 3.63) is 48.9 Å². The Hall–Kier alpha value is -2.80. The number of pyridine rings is 1. The number of nitrogens with two attached hydrogens (primary N) is 1. The van der Waals surface area contributed by atoms with Crippen LogP contribution < -0.4 is 10.5 Å². The monoisotopic (exact) mass is 326 g/mol. The number of thiol groups is 1. The Bertz CT molecular complexity index is 917. The smallest absolute Gasteiger partial charge is 0.244 e. The van der Waals surface area contributed by atoms with E-state index in [0.717, 1.165) is 27.8 Å². The molecule has 2 heterocycles. The number of ether oxygens (including phenoxy) is 1. The number of rotatable bonds is 4. The van der Waals surface area contributed by atoms with Crippen LogP contribution >= 0.6 is 12.6 Å². The third-order valence-electron chi connectivity index (χ3n) is 3.37. The number of carbonyl (C=O) groups is 1. The highest BCUT2D eigenvalue weighted by Gasteiger charge is 2.10. The molecular formula is C16H14N4O2S.